The van der Waals surface area contributed by atoms with Crippen LogP contribution in [-0.4, -0.2) is 12.2 Å². The molecular weight excluding hydrogens is 202 g/mol. The van der Waals surface area contributed by atoms with E-state index >= 15 is 0 Å². The number of rotatable bonds is 2. The van der Waals surface area contributed by atoms with E-state index in [9.17, 15) is 4.79 Å². The van der Waals surface area contributed by atoms with E-state index in [2.05, 4.69) is 31.3 Å². The van der Waals surface area contributed by atoms with Crippen LogP contribution in [0, 0.1) is 22.7 Å². The number of hydrogen-bond acceptors (Lipinski definition) is 2. The molecule has 0 saturated heterocycles. The van der Waals surface area contributed by atoms with Crippen molar-refractivity contribution in [3.8, 4) is 0 Å². The molecule has 2 bridgehead atoms. The summed E-state index contributed by atoms with van der Waals surface area (Å²) in [5.41, 5.74) is 7.97. The van der Waals surface area contributed by atoms with Gasteiger partial charge in [0.1, 0.15) is 0 Å². The van der Waals surface area contributed by atoms with Gasteiger partial charge in [-0.3, -0.25) is 0 Å². The molecule has 0 spiro atoms. The summed E-state index contributed by atoms with van der Waals surface area (Å²) in [5.74, 6) is 1.26. The Bertz CT molecular complexity index is 337. The van der Waals surface area contributed by atoms with Crippen LogP contribution in [0.5, 0.6) is 0 Å². The number of fused-ring (bicyclic) bond motifs is 2. The van der Waals surface area contributed by atoms with Crippen molar-refractivity contribution in [3.63, 3.8) is 0 Å². The number of urea groups is 1. The summed E-state index contributed by atoms with van der Waals surface area (Å²) in [5, 5.41) is 3.93. The second-order valence-corrected chi connectivity index (χ2v) is 5.97. The zero-order chi connectivity index (χ0) is 12.0. The third-order valence-electron chi connectivity index (χ3n) is 5.29. The number of nitrogens with two attached hydrogens (primary N) is 1. The summed E-state index contributed by atoms with van der Waals surface area (Å²) in [7, 11) is 0. The molecule has 4 heteroatoms. The molecule has 0 aromatic heterocycles. The van der Waals surface area contributed by atoms with Crippen molar-refractivity contribution in [3.05, 3.63) is 0 Å². The molecule has 3 unspecified atom stereocenters. The van der Waals surface area contributed by atoms with E-state index in [0.717, 1.165) is 5.92 Å². The fraction of sp³-hybridized carbons (Fsp3) is 0.833. The van der Waals surface area contributed by atoms with E-state index in [4.69, 9.17) is 5.73 Å². The maximum atomic E-state index is 10.5. The monoisotopic (exact) mass is 223 g/mol. The van der Waals surface area contributed by atoms with Gasteiger partial charge in [-0.05, 0) is 36.0 Å². The Morgan fingerprint density at radius 3 is 2.62 bits per heavy atom. The summed E-state index contributed by atoms with van der Waals surface area (Å²) in [6.07, 6.45) is 5.66. The second-order valence-electron chi connectivity index (χ2n) is 5.97. The zero-order valence-corrected chi connectivity index (χ0v) is 10.3. The molecule has 90 valence electrons. The standard InChI is InChI=1S/C12H21N3O/c1-11(2)8-4-5-12(11,3)9(6-8)7-14-15-10(13)16/h7-9H,4-6H2,1-3H3,(H3,13,15,16)/b14-7+. The molecule has 3 atom stereocenters. The van der Waals surface area contributed by atoms with Crippen LogP contribution in [0.15, 0.2) is 5.10 Å². The molecule has 0 aliphatic heterocycles. The molecule has 2 saturated carbocycles. The lowest BCUT2D eigenvalue weighted by Crippen LogP contribution is -2.33. The summed E-state index contributed by atoms with van der Waals surface area (Å²) in [6, 6.07) is -0.594. The van der Waals surface area contributed by atoms with Crippen LogP contribution in [-0.2, 0) is 0 Å². The molecule has 4 nitrogen and oxygen atoms in total. The molecule has 3 N–H and O–H groups in total. The first-order valence-corrected chi connectivity index (χ1v) is 5.96. The Balaban J connectivity index is 2.10. The SMILES string of the molecule is CC1(C)C2CCC1(C)C(/C=N/NC(N)=O)C2. The van der Waals surface area contributed by atoms with E-state index in [1.54, 1.807) is 0 Å². The molecule has 2 rings (SSSR count). The Kier molecular flexibility index (Phi) is 2.48. The smallest absolute Gasteiger partial charge is 0.332 e. The average Bonchev–Trinajstić information content (AvgIpc) is 2.49. The summed E-state index contributed by atoms with van der Waals surface area (Å²) in [4.78, 5) is 10.5. The van der Waals surface area contributed by atoms with Gasteiger partial charge >= 0.3 is 6.03 Å². The molecule has 0 aromatic carbocycles. The first kappa shape index (κ1) is 11.4. The maximum absolute atomic E-state index is 10.5. The van der Waals surface area contributed by atoms with Gasteiger partial charge in [-0.2, -0.15) is 5.10 Å². The van der Waals surface area contributed by atoms with Gasteiger partial charge in [-0.25, -0.2) is 10.2 Å². The highest BCUT2D eigenvalue weighted by Gasteiger charge is 2.60. The lowest BCUT2D eigenvalue weighted by Gasteiger charge is -2.37. The largest absolute Gasteiger partial charge is 0.350 e. The van der Waals surface area contributed by atoms with Crippen LogP contribution in [0.4, 0.5) is 4.79 Å². The number of nitrogens with one attached hydrogen (secondary N) is 1. The van der Waals surface area contributed by atoms with E-state index < -0.39 is 6.03 Å². The first-order valence-electron chi connectivity index (χ1n) is 5.96. The molecule has 2 fully saturated rings. The van der Waals surface area contributed by atoms with Crippen molar-refractivity contribution >= 4 is 12.2 Å². The minimum absolute atomic E-state index is 0.320. The highest BCUT2D eigenvalue weighted by atomic mass is 16.2. The number of amides is 2. The third kappa shape index (κ3) is 1.43. The lowest BCUT2D eigenvalue weighted by atomic mass is 9.67. The Hall–Kier alpha value is -1.06. The number of primary amides is 1. The quantitative estimate of drug-likeness (QED) is 0.546. The molecule has 16 heavy (non-hydrogen) atoms. The van der Waals surface area contributed by atoms with E-state index in [0.29, 0.717) is 16.7 Å². The van der Waals surface area contributed by atoms with Gasteiger partial charge in [0.2, 0.25) is 0 Å². The Morgan fingerprint density at radius 2 is 2.19 bits per heavy atom. The van der Waals surface area contributed by atoms with Crippen molar-refractivity contribution in [1.29, 1.82) is 0 Å². The van der Waals surface area contributed by atoms with Crippen LogP contribution in [0.2, 0.25) is 0 Å². The van der Waals surface area contributed by atoms with Crippen molar-refractivity contribution < 1.29 is 4.79 Å². The number of nitrogens with zero attached hydrogens (tertiary/aromatic N) is 1. The zero-order valence-electron chi connectivity index (χ0n) is 10.3. The normalized spacial score (nSPS) is 40.4. The highest BCUT2D eigenvalue weighted by molar-refractivity contribution is 5.73. The molecular formula is C12H21N3O. The van der Waals surface area contributed by atoms with Gasteiger partial charge in [-0.1, -0.05) is 20.8 Å². The molecule has 2 amide bonds. The van der Waals surface area contributed by atoms with Crippen LogP contribution in [0.25, 0.3) is 0 Å². The molecule has 0 radical (unpaired) electrons. The van der Waals surface area contributed by atoms with Gasteiger partial charge in [0, 0.05) is 12.1 Å². The molecule has 0 aromatic rings. The van der Waals surface area contributed by atoms with E-state index in [-0.39, 0.29) is 0 Å². The third-order valence-corrected chi connectivity index (χ3v) is 5.29. The van der Waals surface area contributed by atoms with Gasteiger partial charge in [-0.15, -0.1) is 0 Å². The van der Waals surface area contributed by atoms with E-state index in [1.165, 1.54) is 19.3 Å². The Labute approximate surface area is 96.7 Å². The topological polar surface area (TPSA) is 67.5 Å². The second kappa shape index (κ2) is 3.47. The average molecular weight is 223 g/mol. The number of hydrazone groups is 1. The molecule has 0 heterocycles. The van der Waals surface area contributed by atoms with E-state index in [1.807, 2.05) is 6.21 Å². The van der Waals surface area contributed by atoms with Crippen LogP contribution >= 0.6 is 0 Å². The maximum Gasteiger partial charge on any atom is 0.332 e. The summed E-state index contributed by atoms with van der Waals surface area (Å²) >= 11 is 0. The lowest BCUT2D eigenvalue weighted by molar-refractivity contribution is 0.132. The minimum Gasteiger partial charge on any atom is -0.350 e. The van der Waals surface area contributed by atoms with Crippen LogP contribution in [0.3, 0.4) is 0 Å². The fourth-order valence-electron chi connectivity index (χ4n) is 3.68. The molecule has 2 aliphatic rings. The predicted octanol–water partition coefficient (Wildman–Crippen LogP) is 2.10. The Morgan fingerprint density at radius 1 is 1.50 bits per heavy atom. The van der Waals surface area contributed by atoms with Gasteiger partial charge in [0.05, 0.1) is 0 Å². The van der Waals surface area contributed by atoms with Crippen molar-refractivity contribution in [2.75, 3.05) is 0 Å². The fourth-order valence-corrected chi connectivity index (χ4v) is 3.68. The first-order chi connectivity index (χ1) is 7.38. The predicted molar refractivity (Wildman–Crippen MR) is 63.9 cm³/mol. The minimum atomic E-state index is -0.594. The molecule has 2 aliphatic carbocycles. The van der Waals surface area contributed by atoms with Crippen molar-refractivity contribution in [2.45, 2.75) is 40.0 Å². The van der Waals surface area contributed by atoms with Gasteiger partial charge in [0.25, 0.3) is 0 Å². The van der Waals surface area contributed by atoms with Crippen molar-refractivity contribution in [2.24, 2.45) is 33.5 Å². The number of carbonyl (C=O) groups excluding carboxylic acids is 1. The summed E-state index contributed by atoms with van der Waals surface area (Å²) in [6.45, 7) is 7.07. The number of carbonyl (C=O) groups is 1. The van der Waals surface area contributed by atoms with Crippen molar-refractivity contribution in [1.82, 2.24) is 5.43 Å². The van der Waals surface area contributed by atoms with Gasteiger partial charge < -0.3 is 5.73 Å². The van der Waals surface area contributed by atoms with Gasteiger partial charge in [0.15, 0.2) is 0 Å². The summed E-state index contributed by atoms with van der Waals surface area (Å²) < 4.78 is 0. The number of hydrogen-bond donors (Lipinski definition) is 2. The van der Waals surface area contributed by atoms with Crippen LogP contribution < -0.4 is 11.2 Å². The highest BCUT2D eigenvalue weighted by Crippen LogP contribution is 2.67. The van der Waals surface area contributed by atoms with Crippen LogP contribution in [0.1, 0.15) is 40.0 Å².